The minimum Gasteiger partial charge on any atom is -0.321 e. The molecule has 0 heterocycles. The first-order chi connectivity index (χ1) is 7.56. The van der Waals surface area contributed by atoms with E-state index in [1.165, 1.54) is 6.07 Å². The molecule has 0 radical (unpaired) electrons. The minimum absolute atomic E-state index is 0.0815. The van der Waals surface area contributed by atoms with E-state index in [4.69, 9.17) is 5.73 Å². The Balaban J connectivity index is 2.68. The van der Waals surface area contributed by atoms with Gasteiger partial charge in [0.25, 0.3) is 0 Å². The Morgan fingerprint density at radius 1 is 1.44 bits per heavy atom. The molecular weight excluding hydrogens is 205 g/mol. The Labute approximate surface area is 95.7 Å². The van der Waals surface area contributed by atoms with E-state index in [9.17, 15) is 9.18 Å². The van der Waals surface area contributed by atoms with E-state index in [1.54, 1.807) is 18.2 Å². The monoisotopic (exact) mass is 223 g/mol. The molecule has 3 heteroatoms. The molecule has 0 aromatic heterocycles. The summed E-state index contributed by atoms with van der Waals surface area (Å²) in [7, 11) is 0. The van der Waals surface area contributed by atoms with Crippen molar-refractivity contribution in [2.45, 2.75) is 32.7 Å². The predicted octanol–water partition coefficient (Wildman–Crippen LogP) is 2.31. The molecule has 1 aromatic carbocycles. The summed E-state index contributed by atoms with van der Waals surface area (Å²) in [4.78, 5) is 11.8. The summed E-state index contributed by atoms with van der Waals surface area (Å²) >= 11 is 0. The SMILES string of the molecule is CCC(C)C(N)C(=O)Cc1ccccc1F. The largest absolute Gasteiger partial charge is 0.321 e. The predicted molar refractivity (Wildman–Crippen MR) is 62.5 cm³/mol. The van der Waals surface area contributed by atoms with Crippen LogP contribution < -0.4 is 5.73 Å². The summed E-state index contributed by atoms with van der Waals surface area (Å²) in [5.74, 6) is -0.300. The van der Waals surface area contributed by atoms with Gasteiger partial charge in [-0.25, -0.2) is 4.39 Å². The van der Waals surface area contributed by atoms with Crippen molar-refractivity contribution in [3.05, 3.63) is 35.6 Å². The summed E-state index contributed by atoms with van der Waals surface area (Å²) in [6, 6.07) is 5.82. The van der Waals surface area contributed by atoms with Gasteiger partial charge in [0.15, 0.2) is 5.78 Å². The van der Waals surface area contributed by atoms with E-state index in [-0.39, 0.29) is 23.9 Å². The van der Waals surface area contributed by atoms with Gasteiger partial charge in [0.2, 0.25) is 0 Å². The lowest BCUT2D eigenvalue weighted by Gasteiger charge is -2.16. The molecule has 0 aliphatic heterocycles. The normalized spacial score (nSPS) is 14.5. The highest BCUT2D eigenvalue weighted by Gasteiger charge is 2.20. The molecule has 0 fully saturated rings. The van der Waals surface area contributed by atoms with E-state index >= 15 is 0 Å². The van der Waals surface area contributed by atoms with Gasteiger partial charge in [-0.05, 0) is 17.5 Å². The Kier molecular flexibility index (Phi) is 4.62. The van der Waals surface area contributed by atoms with Crippen LogP contribution >= 0.6 is 0 Å². The molecule has 0 aliphatic carbocycles. The van der Waals surface area contributed by atoms with E-state index in [0.717, 1.165) is 6.42 Å². The molecule has 2 atom stereocenters. The van der Waals surface area contributed by atoms with Crippen LogP contribution in [0.2, 0.25) is 0 Å². The molecule has 88 valence electrons. The summed E-state index contributed by atoms with van der Waals surface area (Å²) < 4.78 is 13.3. The van der Waals surface area contributed by atoms with Crippen LogP contribution in [0.15, 0.2) is 24.3 Å². The Hall–Kier alpha value is -1.22. The molecule has 2 nitrogen and oxygen atoms in total. The van der Waals surface area contributed by atoms with Crippen molar-refractivity contribution in [2.24, 2.45) is 11.7 Å². The smallest absolute Gasteiger partial charge is 0.154 e. The van der Waals surface area contributed by atoms with Crippen molar-refractivity contribution < 1.29 is 9.18 Å². The van der Waals surface area contributed by atoms with E-state index in [1.807, 2.05) is 13.8 Å². The third-order valence-corrected chi connectivity index (χ3v) is 2.95. The number of Topliss-reactive ketones (excluding diaryl/α,β-unsaturated/α-hetero) is 1. The van der Waals surface area contributed by atoms with Crippen LogP contribution in [0.3, 0.4) is 0 Å². The van der Waals surface area contributed by atoms with Crippen LogP contribution in [-0.4, -0.2) is 11.8 Å². The molecule has 0 bridgehead atoms. The molecule has 0 spiro atoms. The second-order valence-electron chi connectivity index (χ2n) is 4.15. The quantitative estimate of drug-likeness (QED) is 0.832. The Morgan fingerprint density at radius 2 is 2.06 bits per heavy atom. The van der Waals surface area contributed by atoms with Crippen molar-refractivity contribution in [2.75, 3.05) is 0 Å². The van der Waals surface area contributed by atoms with Gasteiger partial charge < -0.3 is 5.73 Å². The Bertz CT molecular complexity index is 365. The number of carbonyl (C=O) groups is 1. The van der Waals surface area contributed by atoms with Crippen molar-refractivity contribution in [1.29, 1.82) is 0 Å². The lowest BCUT2D eigenvalue weighted by atomic mass is 9.93. The van der Waals surface area contributed by atoms with Gasteiger partial charge >= 0.3 is 0 Å². The molecule has 0 amide bonds. The second kappa shape index (κ2) is 5.75. The molecular formula is C13H18FNO. The van der Waals surface area contributed by atoms with Crippen molar-refractivity contribution in [3.8, 4) is 0 Å². The number of benzene rings is 1. The first-order valence-corrected chi connectivity index (χ1v) is 5.58. The zero-order chi connectivity index (χ0) is 12.1. The maximum atomic E-state index is 13.3. The third-order valence-electron chi connectivity index (χ3n) is 2.95. The number of ketones is 1. The van der Waals surface area contributed by atoms with E-state index in [0.29, 0.717) is 5.56 Å². The highest BCUT2D eigenvalue weighted by atomic mass is 19.1. The number of hydrogen-bond acceptors (Lipinski definition) is 2. The molecule has 0 aliphatic rings. The average Bonchev–Trinajstić information content (AvgIpc) is 2.30. The lowest BCUT2D eigenvalue weighted by Crippen LogP contribution is -2.37. The molecule has 0 saturated heterocycles. The van der Waals surface area contributed by atoms with Crippen LogP contribution in [0.1, 0.15) is 25.8 Å². The first kappa shape index (κ1) is 12.8. The van der Waals surface area contributed by atoms with E-state index in [2.05, 4.69) is 0 Å². The van der Waals surface area contributed by atoms with Gasteiger partial charge in [0, 0.05) is 6.42 Å². The molecule has 1 rings (SSSR count). The van der Waals surface area contributed by atoms with Gasteiger partial charge in [-0.15, -0.1) is 0 Å². The third kappa shape index (κ3) is 3.14. The van der Waals surface area contributed by atoms with Crippen LogP contribution in [0.25, 0.3) is 0 Å². The molecule has 2 N–H and O–H groups in total. The molecule has 0 saturated carbocycles. The second-order valence-corrected chi connectivity index (χ2v) is 4.15. The molecule has 2 unspecified atom stereocenters. The van der Waals surface area contributed by atoms with Gasteiger partial charge in [0.05, 0.1) is 6.04 Å². The summed E-state index contributed by atoms with van der Waals surface area (Å²) in [5, 5.41) is 0. The van der Waals surface area contributed by atoms with Gasteiger partial charge in [-0.3, -0.25) is 4.79 Å². The highest BCUT2D eigenvalue weighted by Crippen LogP contribution is 2.12. The van der Waals surface area contributed by atoms with Crippen molar-refractivity contribution in [3.63, 3.8) is 0 Å². The van der Waals surface area contributed by atoms with Crippen molar-refractivity contribution in [1.82, 2.24) is 0 Å². The number of rotatable bonds is 5. The average molecular weight is 223 g/mol. The molecule has 16 heavy (non-hydrogen) atoms. The summed E-state index contributed by atoms with van der Waals surface area (Å²) in [6.07, 6.45) is 0.933. The zero-order valence-electron chi connectivity index (χ0n) is 9.74. The Morgan fingerprint density at radius 3 is 2.62 bits per heavy atom. The van der Waals surface area contributed by atoms with Gasteiger partial charge in [-0.2, -0.15) is 0 Å². The fourth-order valence-electron chi connectivity index (χ4n) is 1.52. The molecule has 1 aromatic rings. The number of carbonyl (C=O) groups excluding carboxylic acids is 1. The maximum Gasteiger partial charge on any atom is 0.154 e. The van der Waals surface area contributed by atoms with Crippen LogP contribution in [0.4, 0.5) is 4.39 Å². The zero-order valence-corrected chi connectivity index (χ0v) is 9.74. The fourth-order valence-corrected chi connectivity index (χ4v) is 1.52. The minimum atomic E-state index is -0.496. The first-order valence-electron chi connectivity index (χ1n) is 5.58. The topological polar surface area (TPSA) is 43.1 Å². The van der Waals surface area contributed by atoms with Crippen LogP contribution in [-0.2, 0) is 11.2 Å². The fraction of sp³-hybridized carbons (Fsp3) is 0.462. The summed E-state index contributed by atoms with van der Waals surface area (Å²) in [5.41, 5.74) is 6.22. The van der Waals surface area contributed by atoms with Gasteiger partial charge in [0.1, 0.15) is 5.82 Å². The highest BCUT2D eigenvalue weighted by molar-refractivity contribution is 5.86. The van der Waals surface area contributed by atoms with Crippen molar-refractivity contribution >= 4 is 5.78 Å². The van der Waals surface area contributed by atoms with Gasteiger partial charge in [-0.1, -0.05) is 38.5 Å². The van der Waals surface area contributed by atoms with E-state index < -0.39 is 6.04 Å². The number of hydrogen-bond donors (Lipinski definition) is 1. The number of nitrogens with two attached hydrogens (primary N) is 1. The lowest BCUT2D eigenvalue weighted by molar-refractivity contribution is -0.120. The summed E-state index contributed by atoms with van der Waals surface area (Å²) in [6.45, 7) is 3.92. The maximum absolute atomic E-state index is 13.3. The van der Waals surface area contributed by atoms with Crippen LogP contribution in [0, 0.1) is 11.7 Å². The standard InChI is InChI=1S/C13H18FNO/c1-3-9(2)13(15)12(16)8-10-6-4-5-7-11(10)14/h4-7,9,13H,3,8,15H2,1-2H3. The van der Waals surface area contributed by atoms with Crippen LogP contribution in [0.5, 0.6) is 0 Å². The number of halogens is 1.